The summed E-state index contributed by atoms with van der Waals surface area (Å²) in [6.45, 7) is 2.45. The average Bonchev–Trinajstić information content (AvgIpc) is 2.84. The van der Waals surface area contributed by atoms with Crippen LogP contribution in [0.2, 0.25) is 0 Å². The van der Waals surface area contributed by atoms with E-state index in [-0.39, 0.29) is 5.91 Å². The largest absolute Gasteiger partial charge is 0.492 e. The number of ether oxygens (including phenoxy) is 2. The Morgan fingerprint density at radius 2 is 2.04 bits per heavy atom. The van der Waals surface area contributed by atoms with Gasteiger partial charge in [0.1, 0.15) is 0 Å². The first-order valence-corrected chi connectivity index (χ1v) is 8.06. The Morgan fingerprint density at radius 3 is 2.78 bits per heavy atom. The fourth-order valence-electron chi connectivity index (χ4n) is 2.58. The van der Waals surface area contributed by atoms with Crippen molar-refractivity contribution in [3.63, 3.8) is 0 Å². The van der Waals surface area contributed by atoms with Crippen LogP contribution in [-0.2, 0) is 4.79 Å². The molecule has 3 rings (SSSR count). The van der Waals surface area contributed by atoms with Crippen LogP contribution in [0.1, 0.15) is 18.1 Å². The molecule has 1 aliphatic rings. The van der Waals surface area contributed by atoms with Crippen LogP contribution >= 0.6 is 15.9 Å². The van der Waals surface area contributed by atoms with Gasteiger partial charge in [-0.3, -0.25) is 4.79 Å². The third kappa shape index (κ3) is 2.97. The van der Waals surface area contributed by atoms with Gasteiger partial charge < -0.3 is 14.8 Å². The van der Waals surface area contributed by atoms with Crippen molar-refractivity contribution in [2.24, 2.45) is 0 Å². The number of rotatable bonds is 4. The van der Waals surface area contributed by atoms with Crippen molar-refractivity contribution >= 4 is 39.2 Å². The molecule has 1 amide bonds. The number of carbonyl (C=O) groups excluding carboxylic acids is 1. The third-order valence-corrected chi connectivity index (χ3v) is 4.15. The minimum absolute atomic E-state index is 0.101. The predicted molar refractivity (Wildman–Crippen MR) is 94.8 cm³/mol. The molecule has 4 nitrogen and oxygen atoms in total. The first-order valence-electron chi connectivity index (χ1n) is 7.26. The van der Waals surface area contributed by atoms with Gasteiger partial charge in [0.2, 0.25) is 0 Å². The number of para-hydroxylation sites is 1. The number of methoxy groups -OCH3 is 1. The molecule has 0 aromatic heterocycles. The molecule has 5 heteroatoms. The maximum atomic E-state index is 12.2. The van der Waals surface area contributed by atoms with Gasteiger partial charge in [-0.15, -0.1) is 0 Å². The highest BCUT2D eigenvalue weighted by molar-refractivity contribution is 9.10. The number of hydrogen-bond acceptors (Lipinski definition) is 3. The van der Waals surface area contributed by atoms with Gasteiger partial charge in [0.15, 0.2) is 11.5 Å². The van der Waals surface area contributed by atoms with E-state index in [1.54, 1.807) is 7.11 Å². The standard InChI is InChI=1S/C18H16BrNO3/c1-3-23-16-10-11(9-14(19)17(16)22-2)8-13-12-6-4-5-7-15(12)20-18(13)21/h4-10H,3H2,1-2H3,(H,20,21). The molecule has 0 unspecified atom stereocenters. The lowest BCUT2D eigenvalue weighted by atomic mass is 10.0. The van der Waals surface area contributed by atoms with Crippen molar-refractivity contribution < 1.29 is 14.3 Å². The van der Waals surface area contributed by atoms with Crippen molar-refractivity contribution in [1.82, 2.24) is 0 Å². The summed E-state index contributed by atoms with van der Waals surface area (Å²) >= 11 is 3.49. The van der Waals surface area contributed by atoms with Crippen LogP contribution in [0.25, 0.3) is 11.6 Å². The Hall–Kier alpha value is -2.27. The van der Waals surface area contributed by atoms with Gasteiger partial charge in [-0.05, 0) is 52.7 Å². The zero-order chi connectivity index (χ0) is 16.4. The normalized spacial score (nSPS) is 14.6. The SMILES string of the molecule is CCOc1cc(C=C2C(=O)Nc3ccccc32)cc(Br)c1OC. The van der Waals surface area contributed by atoms with E-state index in [4.69, 9.17) is 9.47 Å². The minimum Gasteiger partial charge on any atom is -0.492 e. The fraction of sp³-hybridized carbons (Fsp3) is 0.167. The van der Waals surface area contributed by atoms with Crippen LogP contribution < -0.4 is 14.8 Å². The maximum Gasteiger partial charge on any atom is 0.256 e. The summed E-state index contributed by atoms with van der Waals surface area (Å²) in [7, 11) is 1.60. The Kier molecular flexibility index (Phi) is 4.39. The van der Waals surface area contributed by atoms with Gasteiger partial charge in [0.05, 0.1) is 18.2 Å². The van der Waals surface area contributed by atoms with Gasteiger partial charge in [-0.2, -0.15) is 0 Å². The van der Waals surface area contributed by atoms with E-state index in [9.17, 15) is 4.79 Å². The zero-order valence-corrected chi connectivity index (χ0v) is 14.4. The van der Waals surface area contributed by atoms with Gasteiger partial charge in [-0.1, -0.05) is 18.2 Å². The zero-order valence-electron chi connectivity index (χ0n) is 12.9. The molecule has 2 aromatic carbocycles. The lowest BCUT2D eigenvalue weighted by Gasteiger charge is -2.12. The van der Waals surface area contributed by atoms with Gasteiger partial charge >= 0.3 is 0 Å². The van der Waals surface area contributed by atoms with Gasteiger partial charge in [-0.25, -0.2) is 0 Å². The molecule has 0 radical (unpaired) electrons. The summed E-state index contributed by atoms with van der Waals surface area (Å²) in [5.41, 5.74) is 3.24. The van der Waals surface area contributed by atoms with Crippen molar-refractivity contribution in [3.8, 4) is 11.5 Å². The van der Waals surface area contributed by atoms with Crippen molar-refractivity contribution in [2.75, 3.05) is 19.0 Å². The number of anilines is 1. The van der Waals surface area contributed by atoms with Crippen LogP contribution in [0, 0.1) is 0 Å². The van der Waals surface area contributed by atoms with Crippen LogP contribution in [0.5, 0.6) is 11.5 Å². The highest BCUT2D eigenvalue weighted by Crippen LogP contribution is 2.39. The second-order valence-corrected chi connectivity index (χ2v) is 5.88. The summed E-state index contributed by atoms with van der Waals surface area (Å²) in [6.07, 6.45) is 1.86. The second-order valence-electron chi connectivity index (χ2n) is 5.02. The van der Waals surface area contributed by atoms with E-state index in [1.807, 2.05) is 49.4 Å². The summed E-state index contributed by atoms with van der Waals surface area (Å²) in [4.78, 5) is 12.2. The van der Waals surface area contributed by atoms with E-state index in [1.165, 1.54) is 0 Å². The number of benzene rings is 2. The molecule has 0 aliphatic carbocycles. The summed E-state index contributed by atoms with van der Waals surface area (Å²) < 4.78 is 11.8. The number of carbonyl (C=O) groups is 1. The number of hydrogen-bond donors (Lipinski definition) is 1. The Morgan fingerprint density at radius 1 is 1.26 bits per heavy atom. The van der Waals surface area contributed by atoms with Crippen LogP contribution in [-0.4, -0.2) is 19.6 Å². The van der Waals surface area contributed by atoms with E-state index in [2.05, 4.69) is 21.2 Å². The topological polar surface area (TPSA) is 47.6 Å². The summed E-state index contributed by atoms with van der Waals surface area (Å²) in [5, 5.41) is 2.87. The maximum absolute atomic E-state index is 12.2. The Balaban J connectivity index is 2.08. The van der Waals surface area contributed by atoms with Crippen molar-refractivity contribution in [3.05, 3.63) is 52.0 Å². The van der Waals surface area contributed by atoms with Crippen LogP contribution in [0.4, 0.5) is 5.69 Å². The van der Waals surface area contributed by atoms with Crippen molar-refractivity contribution in [2.45, 2.75) is 6.92 Å². The first-order chi connectivity index (χ1) is 11.1. The first kappa shape index (κ1) is 15.6. The Bertz CT molecular complexity index is 799. The monoisotopic (exact) mass is 373 g/mol. The van der Waals surface area contributed by atoms with E-state index in [0.29, 0.717) is 23.7 Å². The molecule has 1 N–H and O–H groups in total. The molecule has 118 valence electrons. The molecule has 0 bridgehead atoms. The molecular formula is C18H16BrNO3. The number of amides is 1. The fourth-order valence-corrected chi connectivity index (χ4v) is 3.20. The summed E-state index contributed by atoms with van der Waals surface area (Å²) in [5.74, 6) is 1.18. The number of fused-ring (bicyclic) bond motifs is 1. The smallest absolute Gasteiger partial charge is 0.256 e. The van der Waals surface area contributed by atoms with Gasteiger partial charge in [0.25, 0.3) is 5.91 Å². The van der Waals surface area contributed by atoms with E-state index < -0.39 is 0 Å². The lowest BCUT2D eigenvalue weighted by Crippen LogP contribution is -2.03. The number of nitrogens with one attached hydrogen (secondary N) is 1. The molecule has 2 aromatic rings. The van der Waals surface area contributed by atoms with Crippen molar-refractivity contribution in [1.29, 1.82) is 0 Å². The molecule has 1 aliphatic heterocycles. The molecule has 0 saturated heterocycles. The summed E-state index contributed by atoms with van der Waals surface area (Å²) in [6, 6.07) is 11.4. The molecule has 0 spiro atoms. The molecule has 0 atom stereocenters. The molecular weight excluding hydrogens is 358 g/mol. The molecule has 1 heterocycles. The van der Waals surface area contributed by atoms with Gasteiger partial charge in [0, 0.05) is 16.8 Å². The molecule has 23 heavy (non-hydrogen) atoms. The Labute approximate surface area is 143 Å². The average molecular weight is 374 g/mol. The number of halogens is 1. The van der Waals surface area contributed by atoms with Crippen LogP contribution in [0.3, 0.4) is 0 Å². The van der Waals surface area contributed by atoms with Crippen LogP contribution in [0.15, 0.2) is 40.9 Å². The highest BCUT2D eigenvalue weighted by Gasteiger charge is 2.23. The quantitative estimate of drug-likeness (QED) is 0.810. The lowest BCUT2D eigenvalue weighted by molar-refractivity contribution is -0.110. The molecule has 0 fully saturated rings. The third-order valence-electron chi connectivity index (χ3n) is 3.56. The van der Waals surface area contributed by atoms with E-state index in [0.717, 1.165) is 21.3 Å². The predicted octanol–water partition coefficient (Wildman–Crippen LogP) is 4.35. The molecule has 0 saturated carbocycles. The highest BCUT2D eigenvalue weighted by atomic mass is 79.9. The van der Waals surface area contributed by atoms with E-state index >= 15 is 0 Å². The minimum atomic E-state index is -0.101. The second kappa shape index (κ2) is 6.46.